The summed E-state index contributed by atoms with van der Waals surface area (Å²) in [4.78, 5) is 0. The van der Waals surface area contributed by atoms with Crippen LogP contribution in [0, 0.1) is 18.3 Å². The van der Waals surface area contributed by atoms with Gasteiger partial charge in [0.2, 0.25) is 0 Å². The lowest BCUT2D eigenvalue weighted by molar-refractivity contribution is -0.0577. The van der Waals surface area contributed by atoms with Crippen molar-refractivity contribution in [2.24, 2.45) is 0 Å². The first-order valence-corrected chi connectivity index (χ1v) is 4.79. The van der Waals surface area contributed by atoms with Crippen LogP contribution in [-0.2, 0) is 10.2 Å². The molecule has 1 heterocycles. The summed E-state index contributed by atoms with van der Waals surface area (Å²) in [5.74, 6) is 0. The maximum absolute atomic E-state index is 8.79. The van der Waals surface area contributed by atoms with Gasteiger partial charge in [0.1, 0.15) is 0 Å². The van der Waals surface area contributed by atoms with E-state index in [-0.39, 0.29) is 5.41 Å². The number of hydrogen-bond donors (Lipinski definition) is 0. The van der Waals surface area contributed by atoms with Gasteiger partial charge in [-0.2, -0.15) is 5.26 Å². The van der Waals surface area contributed by atoms with E-state index in [1.165, 1.54) is 11.1 Å². The largest absolute Gasteiger partial charge is 0.379 e. The number of nitriles is 1. The fraction of sp³-hybridized carbons (Fsp3) is 0.417. The second-order valence-electron chi connectivity index (χ2n) is 3.98. The number of ether oxygens (including phenoxy) is 1. The first kappa shape index (κ1) is 9.23. The topological polar surface area (TPSA) is 33.0 Å². The molecule has 1 aliphatic rings. The standard InChI is InChI=1S/C12H13NO/c1-10-3-2-4-11(7-10)12(5-6-13)8-14-9-12/h2-4,7H,5,8-9H2,1H3. The molecule has 72 valence electrons. The zero-order valence-electron chi connectivity index (χ0n) is 8.29. The normalized spacial score (nSPS) is 18.3. The molecule has 0 amide bonds. The molecule has 2 nitrogen and oxygen atoms in total. The van der Waals surface area contributed by atoms with Crippen molar-refractivity contribution in [3.8, 4) is 6.07 Å². The minimum Gasteiger partial charge on any atom is -0.379 e. The highest BCUT2D eigenvalue weighted by atomic mass is 16.5. The third kappa shape index (κ3) is 1.40. The summed E-state index contributed by atoms with van der Waals surface area (Å²) in [5, 5.41) is 8.79. The molecule has 0 unspecified atom stereocenters. The molecule has 2 heteroatoms. The van der Waals surface area contributed by atoms with Crippen LogP contribution < -0.4 is 0 Å². The number of aryl methyl sites for hydroxylation is 1. The van der Waals surface area contributed by atoms with Gasteiger partial charge in [0, 0.05) is 6.42 Å². The monoisotopic (exact) mass is 187 g/mol. The highest BCUT2D eigenvalue weighted by Crippen LogP contribution is 2.35. The molecule has 0 atom stereocenters. The predicted molar refractivity (Wildman–Crippen MR) is 53.9 cm³/mol. The van der Waals surface area contributed by atoms with Crippen LogP contribution in [0.15, 0.2) is 24.3 Å². The van der Waals surface area contributed by atoms with Crippen molar-refractivity contribution in [1.82, 2.24) is 0 Å². The molecular weight excluding hydrogens is 174 g/mol. The quantitative estimate of drug-likeness (QED) is 0.711. The van der Waals surface area contributed by atoms with Gasteiger partial charge in [-0.3, -0.25) is 0 Å². The fourth-order valence-electron chi connectivity index (χ4n) is 1.85. The van der Waals surface area contributed by atoms with Gasteiger partial charge in [-0.1, -0.05) is 29.8 Å². The number of benzene rings is 1. The van der Waals surface area contributed by atoms with E-state index in [1.807, 2.05) is 6.07 Å². The van der Waals surface area contributed by atoms with Crippen LogP contribution in [0.25, 0.3) is 0 Å². The van der Waals surface area contributed by atoms with Gasteiger partial charge in [-0.15, -0.1) is 0 Å². The van der Waals surface area contributed by atoms with Crippen LogP contribution in [0.5, 0.6) is 0 Å². The molecule has 14 heavy (non-hydrogen) atoms. The second-order valence-corrected chi connectivity index (χ2v) is 3.98. The molecule has 0 saturated carbocycles. The lowest BCUT2D eigenvalue weighted by atomic mass is 9.76. The summed E-state index contributed by atoms with van der Waals surface area (Å²) in [6, 6.07) is 10.6. The van der Waals surface area contributed by atoms with Gasteiger partial charge in [0.05, 0.1) is 24.7 Å². The van der Waals surface area contributed by atoms with Gasteiger partial charge in [-0.05, 0) is 12.5 Å². The van der Waals surface area contributed by atoms with Crippen molar-refractivity contribution in [2.75, 3.05) is 13.2 Å². The third-order valence-corrected chi connectivity index (χ3v) is 2.80. The molecule has 0 bridgehead atoms. The minimum absolute atomic E-state index is 0.0270. The molecule has 2 rings (SSSR count). The Morgan fingerprint density at radius 2 is 2.29 bits per heavy atom. The maximum Gasteiger partial charge on any atom is 0.0632 e. The van der Waals surface area contributed by atoms with Crippen molar-refractivity contribution in [2.45, 2.75) is 18.8 Å². The Morgan fingerprint density at radius 1 is 1.50 bits per heavy atom. The summed E-state index contributed by atoms with van der Waals surface area (Å²) in [5.41, 5.74) is 2.46. The van der Waals surface area contributed by atoms with E-state index in [0.717, 1.165) is 0 Å². The molecule has 1 aliphatic heterocycles. The molecule has 0 radical (unpaired) electrons. The van der Waals surface area contributed by atoms with Gasteiger partial charge in [0.15, 0.2) is 0 Å². The molecule has 0 N–H and O–H groups in total. The van der Waals surface area contributed by atoms with E-state index in [2.05, 4.69) is 31.2 Å². The van der Waals surface area contributed by atoms with E-state index < -0.39 is 0 Å². The number of nitrogens with zero attached hydrogens (tertiary/aromatic N) is 1. The molecule has 1 aromatic rings. The molecule has 1 aromatic carbocycles. The summed E-state index contributed by atoms with van der Waals surface area (Å²) >= 11 is 0. The molecule has 0 spiro atoms. The summed E-state index contributed by atoms with van der Waals surface area (Å²) in [6.07, 6.45) is 0.552. The van der Waals surface area contributed by atoms with Crippen LogP contribution in [0.2, 0.25) is 0 Å². The van der Waals surface area contributed by atoms with Crippen LogP contribution in [0.3, 0.4) is 0 Å². The number of hydrogen-bond acceptors (Lipinski definition) is 2. The Labute approximate surface area is 84.1 Å². The highest BCUT2D eigenvalue weighted by molar-refractivity contribution is 5.32. The zero-order valence-corrected chi connectivity index (χ0v) is 8.29. The zero-order chi connectivity index (χ0) is 10.0. The molecular formula is C12H13NO. The molecule has 0 aromatic heterocycles. The Hall–Kier alpha value is -1.33. The van der Waals surface area contributed by atoms with Crippen molar-refractivity contribution in [3.05, 3.63) is 35.4 Å². The van der Waals surface area contributed by atoms with Crippen molar-refractivity contribution >= 4 is 0 Å². The average Bonchev–Trinajstić information content (AvgIpc) is 2.11. The molecule has 0 aliphatic carbocycles. The Balaban J connectivity index is 2.32. The molecule has 1 saturated heterocycles. The van der Waals surface area contributed by atoms with Crippen LogP contribution in [0.4, 0.5) is 0 Å². The Bertz CT molecular complexity index is 374. The first-order chi connectivity index (χ1) is 6.77. The van der Waals surface area contributed by atoms with Crippen molar-refractivity contribution in [3.63, 3.8) is 0 Å². The van der Waals surface area contributed by atoms with Gasteiger partial charge in [0.25, 0.3) is 0 Å². The van der Waals surface area contributed by atoms with Gasteiger partial charge in [-0.25, -0.2) is 0 Å². The van der Waals surface area contributed by atoms with E-state index in [9.17, 15) is 0 Å². The smallest absolute Gasteiger partial charge is 0.0632 e. The van der Waals surface area contributed by atoms with Crippen LogP contribution >= 0.6 is 0 Å². The highest BCUT2D eigenvalue weighted by Gasteiger charge is 2.40. The maximum atomic E-state index is 8.79. The van der Waals surface area contributed by atoms with Crippen molar-refractivity contribution < 1.29 is 4.74 Å². The lowest BCUT2D eigenvalue weighted by Crippen LogP contribution is -2.46. The third-order valence-electron chi connectivity index (χ3n) is 2.80. The van der Waals surface area contributed by atoms with E-state index in [1.54, 1.807) is 0 Å². The van der Waals surface area contributed by atoms with Gasteiger partial charge >= 0.3 is 0 Å². The summed E-state index contributed by atoms with van der Waals surface area (Å²) in [6.45, 7) is 3.44. The Morgan fingerprint density at radius 3 is 2.79 bits per heavy atom. The lowest BCUT2D eigenvalue weighted by Gasteiger charge is -2.40. The van der Waals surface area contributed by atoms with E-state index >= 15 is 0 Å². The van der Waals surface area contributed by atoms with Crippen LogP contribution in [0.1, 0.15) is 17.5 Å². The van der Waals surface area contributed by atoms with Crippen LogP contribution in [-0.4, -0.2) is 13.2 Å². The Kier molecular flexibility index (Phi) is 2.26. The molecule has 1 fully saturated rings. The minimum atomic E-state index is -0.0270. The summed E-state index contributed by atoms with van der Waals surface area (Å²) in [7, 11) is 0. The predicted octanol–water partition coefficient (Wildman–Crippen LogP) is 2.18. The average molecular weight is 187 g/mol. The van der Waals surface area contributed by atoms with Crippen molar-refractivity contribution in [1.29, 1.82) is 5.26 Å². The second kappa shape index (κ2) is 3.43. The fourth-order valence-corrected chi connectivity index (χ4v) is 1.85. The first-order valence-electron chi connectivity index (χ1n) is 4.79. The summed E-state index contributed by atoms with van der Waals surface area (Å²) < 4.78 is 5.23. The van der Waals surface area contributed by atoms with Gasteiger partial charge < -0.3 is 4.74 Å². The number of rotatable bonds is 2. The SMILES string of the molecule is Cc1cccc(C2(CC#N)COC2)c1. The van der Waals surface area contributed by atoms with E-state index in [0.29, 0.717) is 19.6 Å². The van der Waals surface area contributed by atoms with E-state index in [4.69, 9.17) is 10.00 Å².